The number of carbonyl (C=O) groups is 1. The maximum atomic E-state index is 12.5. The average Bonchev–Trinajstić information content (AvgIpc) is 2.77. The van der Waals surface area contributed by atoms with Crippen LogP contribution < -0.4 is 0 Å². The second-order valence-corrected chi connectivity index (χ2v) is 5.63. The molecule has 1 heterocycles. The van der Waals surface area contributed by atoms with Crippen LogP contribution in [0.5, 0.6) is 0 Å². The van der Waals surface area contributed by atoms with Crippen LogP contribution >= 0.6 is 11.6 Å². The Hall–Kier alpha value is -1.52. The summed E-state index contributed by atoms with van der Waals surface area (Å²) in [5, 5.41) is 10.9. The third-order valence-corrected chi connectivity index (χ3v) is 3.27. The second-order valence-electron chi connectivity index (χ2n) is 5.19. The van der Waals surface area contributed by atoms with Crippen molar-refractivity contribution in [3.63, 3.8) is 0 Å². The van der Waals surface area contributed by atoms with Gasteiger partial charge < -0.3 is 14.4 Å². The molecule has 0 aliphatic carbocycles. The van der Waals surface area contributed by atoms with E-state index in [1.54, 1.807) is 36.1 Å². The van der Waals surface area contributed by atoms with Gasteiger partial charge in [0.15, 0.2) is 5.76 Å². The molecule has 1 aromatic carbocycles. The van der Waals surface area contributed by atoms with E-state index in [0.29, 0.717) is 10.6 Å². The fourth-order valence-electron chi connectivity index (χ4n) is 2.07. The van der Waals surface area contributed by atoms with Gasteiger partial charge in [0.25, 0.3) is 5.91 Å². The number of carbonyl (C=O) groups excluding carboxylic acids is 1. The summed E-state index contributed by atoms with van der Waals surface area (Å²) in [6, 6.07) is 6.88. The van der Waals surface area contributed by atoms with Crippen LogP contribution in [0.2, 0.25) is 5.02 Å². The van der Waals surface area contributed by atoms with Crippen molar-refractivity contribution >= 4 is 28.5 Å². The number of aliphatic hydroxyl groups excluding tert-OH is 1. The number of rotatable bonds is 4. The molecule has 0 spiro atoms. The first kappa shape index (κ1) is 14.9. The van der Waals surface area contributed by atoms with Crippen LogP contribution in [-0.2, 0) is 0 Å². The molecule has 20 heavy (non-hydrogen) atoms. The third-order valence-electron chi connectivity index (χ3n) is 3.03. The Balaban J connectivity index is 2.33. The lowest BCUT2D eigenvalue weighted by molar-refractivity contribution is 0.0551. The Labute approximate surface area is 122 Å². The number of hydrogen-bond donors (Lipinski definition) is 1. The number of aliphatic hydroxyl groups is 1. The summed E-state index contributed by atoms with van der Waals surface area (Å²) in [7, 11) is 0. The third kappa shape index (κ3) is 3.14. The van der Waals surface area contributed by atoms with Crippen molar-refractivity contribution < 1.29 is 14.3 Å². The first-order valence-electron chi connectivity index (χ1n) is 6.56. The molecule has 108 valence electrons. The summed E-state index contributed by atoms with van der Waals surface area (Å²) in [5.41, 5.74) is 0.624. The number of benzene rings is 1. The Bertz CT molecular complexity index is 619. The van der Waals surface area contributed by atoms with Crippen LogP contribution in [0.15, 0.2) is 28.7 Å². The fourth-order valence-corrected chi connectivity index (χ4v) is 2.25. The Kier molecular flexibility index (Phi) is 4.35. The number of halogens is 1. The van der Waals surface area contributed by atoms with Crippen LogP contribution in [-0.4, -0.2) is 34.6 Å². The zero-order valence-corrected chi connectivity index (χ0v) is 12.5. The molecule has 0 radical (unpaired) electrons. The molecule has 0 saturated heterocycles. The van der Waals surface area contributed by atoms with Crippen LogP contribution in [0.25, 0.3) is 11.0 Å². The first-order valence-corrected chi connectivity index (χ1v) is 6.94. The number of furan rings is 1. The zero-order valence-electron chi connectivity index (χ0n) is 11.8. The fraction of sp³-hybridized carbons (Fsp3) is 0.400. The van der Waals surface area contributed by atoms with Gasteiger partial charge in [-0.15, -0.1) is 0 Å². The summed E-state index contributed by atoms with van der Waals surface area (Å²) in [5.74, 6) is 0.0323. The van der Waals surface area contributed by atoms with Gasteiger partial charge in [0, 0.05) is 23.0 Å². The van der Waals surface area contributed by atoms with E-state index in [0.717, 1.165) is 5.39 Å². The highest BCUT2D eigenvalue weighted by Crippen LogP contribution is 2.24. The van der Waals surface area contributed by atoms with Gasteiger partial charge in [-0.2, -0.15) is 0 Å². The van der Waals surface area contributed by atoms with E-state index in [9.17, 15) is 9.90 Å². The minimum Gasteiger partial charge on any atom is -0.451 e. The molecule has 4 nitrogen and oxygen atoms in total. The van der Waals surface area contributed by atoms with E-state index in [1.807, 2.05) is 13.8 Å². The Morgan fingerprint density at radius 1 is 1.35 bits per heavy atom. The van der Waals surface area contributed by atoms with Crippen molar-refractivity contribution in [3.8, 4) is 0 Å². The van der Waals surface area contributed by atoms with Crippen molar-refractivity contribution in [2.24, 2.45) is 0 Å². The van der Waals surface area contributed by atoms with Gasteiger partial charge in [0.05, 0.1) is 6.10 Å². The summed E-state index contributed by atoms with van der Waals surface area (Å²) >= 11 is 5.92. The van der Waals surface area contributed by atoms with Crippen molar-refractivity contribution in [1.82, 2.24) is 4.90 Å². The predicted molar refractivity (Wildman–Crippen MR) is 79.1 cm³/mol. The van der Waals surface area contributed by atoms with Crippen LogP contribution in [0.4, 0.5) is 0 Å². The number of hydrogen-bond acceptors (Lipinski definition) is 3. The highest BCUT2D eigenvalue weighted by atomic mass is 35.5. The normalized spacial score (nSPS) is 12.9. The average molecular weight is 296 g/mol. The van der Waals surface area contributed by atoms with Crippen molar-refractivity contribution in [2.75, 3.05) is 6.54 Å². The van der Waals surface area contributed by atoms with Gasteiger partial charge in [0.1, 0.15) is 5.58 Å². The standard InChI is InChI=1S/C15H18ClNO3/c1-9(2)17(8-10(3)18)15(19)14-7-11-6-12(16)4-5-13(11)20-14/h4-7,9-10,18H,8H2,1-3H3. The minimum atomic E-state index is -0.583. The molecule has 5 heteroatoms. The molecule has 1 unspecified atom stereocenters. The van der Waals surface area contributed by atoms with Gasteiger partial charge in [-0.25, -0.2) is 0 Å². The molecule has 0 saturated carbocycles. The Morgan fingerprint density at radius 2 is 2.05 bits per heavy atom. The van der Waals surface area contributed by atoms with Gasteiger partial charge in [-0.1, -0.05) is 11.6 Å². The summed E-state index contributed by atoms with van der Waals surface area (Å²) < 4.78 is 5.57. The number of nitrogens with zero attached hydrogens (tertiary/aromatic N) is 1. The largest absolute Gasteiger partial charge is 0.451 e. The minimum absolute atomic E-state index is 0.0195. The number of fused-ring (bicyclic) bond motifs is 1. The second kappa shape index (κ2) is 5.85. The molecule has 1 atom stereocenters. The van der Waals surface area contributed by atoms with E-state index in [1.165, 1.54) is 0 Å². The van der Waals surface area contributed by atoms with E-state index in [4.69, 9.17) is 16.0 Å². The first-order chi connectivity index (χ1) is 9.38. The number of amides is 1. The monoisotopic (exact) mass is 295 g/mol. The summed E-state index contributed by atoms with van der Waals surface area (Å²) in [6.45, 7) is 5.73. The van der Waals surface area contributed by atoms with E-state index >= 15 is 0 Å². The molecule has 0 bridgehead atoms. The SMILES string of the molecule is CC(O)CN(C(=O)c1cc2cc(Cl)ccc2o1)C(C)C. The van der Waals surface area contributed by atoms with Crippen LogP contribution in [0.1, 0.15) is 31.3 Å². The molecule has 1 aromatic heterocycles. The molecule has 2 rings (SSSR count). The zero-order chi connectivity index (χ0) is 14.9. The smallest absolute Gasteiger partial charge is 0.289 e. The van der Waals surface area contributed by atoms with E-state index in [-0.39, 0.29) is 24.3 Å². The molecule has 0 fully saturated rings. The lowest BCUT2D eigenvalue weighted by Gasteiger charge is -2.26. The quantitative estimate of drug-likeness (QED) is 0.941. The maximum Gasteiger partial charge on any atom is 0.289 e. The molecule has 0 aliphatic rings. The molecule has 2 aromatic rings. The molecular formula is C15H18ClNO3. The predicted octanol–water partition coefficient (Wildman–Crippen LogP) is 3.32. The molecule has 1 N–H and O–H groups in total. The van der Waals surface area contributed by atoms with Gasteiger partial charge in [-0.3, -0.25) is 4.79 Å². The van der Waals surface area contributed by atoms with E-state index < -0.39 is 6.10 Å². The van der Waals surface area contributed by atoms with Crippen molar-refractivity contribution in [1.29, 1.82) is 0 Å². The Morgan fingerprint density at radius 3 is 2.65 bits per heavy atom. The maximum absolute atomic E-state index is 12.5. The lowest BCUT2D eigenvalue weighted by atomic mass is 10.2. The van der Waals surface area contributed by atoms with Gasteiger partial charge in [-0.05, 0) is 45.0 Å². The van der Waals surface area contributed by atoms with Gasteiger partial charge in [0.2, 0.25) is 0 Å². The summed E-state index contributed by atoms with van der Waals surface area (Å²) in [6.07, 6.45) is -0.583. The molecular weight excluding hydrogens is 278 g/mol. The van der Waals surface area contributed by atoms with Crippen LogP contribution in [0.3, 0.4) is 0 Å². The van der Waals surface area contributed by atoms with E-state index in [2.05, 4.69) is 0 Å². The highest BCUT2D eigenvalue weighted by Gasteiger charge is 2.23. The van der Waals surface area contributed by atoms with Gasteiger partial charge >= 0.3 is 0 Å². The molecule has 0 aliphatic heterocycles. The van der Waals surface area contributed by atoms with Crippen molar-refractivity contribution in [3.05, 3.63) is 35.0 Å². The molecule has 1 amide bonds. The topological polar surface area (TPSA) is 53.7 Å². The van der Waals surface area contributed by atoms with Crippen molar-refractivity contribution in [2.45, 2.75) is 32.9 Å². The van der Waals surface area contributed by atoms with Crippen LogP contribution in [0, 0.1) is 0 Å². The highest BCUT2D eigenvalue weighted by molar-refractivity contribution is 6.31. The summed E-state index contributed by atoms with van der Waals surface area (Å²) in [4.78, 5) is 14.1. The lowest BCUT2D eigenvalue weighted by Crippen LogP contribution is -2.41.